The molecule has 25 heavy (non-hydrogen) atoms. The normalized spacial score (nSPS) is 22.5. The molecule has 1 aromatic heterocycles. The van der Waals surface area contributed by atoms with Gasteiger partial charge >= 0.3 is 0 Å². The Morgan fingerprint density at radius 3 is 2.60 bits per heavy atom. The van der Waals surface area contributed by atoms with Gasteiger partial charge in [0.25, 0.3) is 5.91 Å². The van der Waals surface area contributed by atoms with Gasteiger partial charge < -0.3 is 4.84 Å². The molecule has 126 valence electrons. The smallest absolute Gasteiger partial charge is 0.281 e. The number of carbonyl (C=O) groups is 2. The largest absolute Gasteiger partial charge is 0.378 e. The van der Waals surface area contributed by atoms with E-state index in [4.69, 9.17) is 4.84 Å². The number of hydrogen-bond donors (Lipinski definition) is 0. The first-order valence-electron chi connectivity index (χ1n) is 7.49. The average Bonchev–Trinajstić information content (AvgIpc) is 3.11. The Balaban J connectivity index is 1.61. The molecule has 2 amide bonds. The van der Waals surface area contributed by atoms with Crippen LogP contribution in [0.4, 0.5) is 10.1 Å². The van der Waals surface area contributed by atoms with Crippen molar-refractivity contribution < 1.29 is 18.8 Å². The molecular weight excluding hydrogens is 393 g/mol. The lowest BCUT2D eigenvalue weighted by Gasteiger charge is -2.19. The van der Waals surface area contributed by atoms with Crippen LogP contribution >= 0.6 is 15.9 Å². The molecule has 1 saturated heterocycles. The highest BCUT2D eigenvalue weighted by Gasteiger charge is 2.58. The third kappa shape index (κ3) is 2.62. The molecular formula is C17H11BrFN3O3. The van der Waals surface area contributed by atoms with Crippen molar-refractivity contribution in [3.05, 3.63) is 58.6 Å². The molecule has 2 aliphatic heterocycles. The van der Waals surface area contributed by atoms with Crippen LogP contribution in [0.15, 0.2) is 52.2 Å². The quantitative estimate of drug-likeness (QED) is 0.570. The van der Waals surface area contributed by atoms with E-state index in [9.17, 15) is 14.0 Å². The Hall–Kier alpha value is -2.61. The van der Waals surface area contributed by atoms with Crippen molar-refractivity contribution in [1.29, 1.82) is 0 Å². The zero-order valence-electron chi connectivity index (χ0n) is 12.8. The van der Waals surface area contributed by atoms with Crippen LogP contribution in [0.25, 0.3) is 0 Å². The topological polar surface area (TPSA) is 71.9 Å². The van der Waals surface area contributed by atoms with Crippen molar-refractivity contribution in [1.82, 2.24) is 4.98 Å². The van der Waals surface area contributed by atoms with E-state index in [-0.39, 0.29) is 12.8 Å². The molecule has 4 rings (SSSR count). The molecule has 0 aliphatic carbocycles. The van der Waals surface area contributed by atoms with E-state index in [0.717, 1.165) is 4.90 Å². The summed E-state index contributed by atoms with van der Waals surface area (Å²) in [5.41, 5.74) is 0.0335. The summed E-state index contributed by atoms with van der Waals surface area (Å²) in [5, 5.41) is 3.98. The lowest BCUT2D eigenvalue weighted by molar-refractivity contribution is -0.136. The van der Waals surface area contributed by atoms with E-state index in [1.54, 1.807) is 18.2 Å². The van der Waals surface area contributed by atoms with Gasteiger partial charge in [-0.3, -0.25) is 9.59 Å². The molecule has 0 bridgehead atoms. The summed E-state index contributed by atoms with van der Waals surface area (Å²) in [6.07, 6.45) is 0.0307. The van der Waals surface area contributed by atoms with Crippen molar-refractivity contribution in [2.24, 2.45) is 5.16 Å². The summed E-state index contributed by atoms with van der Waals surface area (Å²) in [7, 11) is 0. The van der Waals surface area contributed by atoms with Gasteiger partial charge in [0.15, 0.2) is 0 Å². The number of imide groups is 1. The van der Waals surface area contributed by atoms with Gasteiger partial charge in [0.1, 0.15) is 16.1 Å². The van der Waals surface area contributed by atoms with Gasteiger partial charge in [0.2, 0.25) is 11.5 Å². The van der Waals surface area contributed by atoms with Crippen LogP contribution in [-0.4, -0.2) is 28.1 Å². The van der Waals surface area contributed by atoms with Crippen molar-refractivity contribution in [3.8, 4) is 0 Å². The number of oxime groups is 1. The third-order valence-electron chi connectivity index (χ3n) is 4.16. The molecule has 1 fully saturated rings. The Bertz CT molecular complexity index is 916. The minimum absolute atomic E-state index is 0.121. The molecule has 1 atom stereocenters. The maximum Gasteiger partial charge on any atom is 0.281 e. The number of benzene rings is 1. The number of carbonyl (C=O) groups excluding carboxylic acids is 2. The van der Waals surface area contributed by atoms with Crippen molar-refractivity contribution >= 4 is 39.1 Å². The zero-order chi connectivity index (χ0) is 17.6. The van der Waals surface area contributed by atoms with Crippen molar-refractivity contribution in [2.75, 3.05) is 4.90 Å². The highest BCUT2D eigenvalue weighted by Crippen LogP contribution is 2.39. The molecule has 1 aromatic carbocycles. The molecule has 2 aliphatic rings. The Morgan fingerprint density at radius 1 is 1.12 bits per heavy atom. The monoisotopic (exact) mass is 403 g/mol. The Morgan fingerprint density at radius 2 is 1.88 bits per heavy atom. The minimum atomic E-state index is -1.36. The SMILES string of the molecule is O=C1C[C@@]2(CC(c3cccc(Br)n3)=NO2)C(=O)N1c1ccc(F)cc1. The summed E-state index contributed by atoms with van der Waals surface area (Å²) >= 11 is 3.28. The fourth-order valence-corrected chi connectivity index (χ4v) is 3.30. The number of amides is 2. The van der Waals surface area contributed by atoms with Crippen LogP contribution in [0, 0.1) is 5.82 Å². The minimum Gasteiger partial charge on any atom is -0.378 e. The second-order valence-electron chi connectivity index (χ2n) is 5.83. The van der Waals surface area contributed by atoms with Crippen LogP contribution in [0.3, 0.4) is 0 Å². The summed E-state index contributed by atoms with van der Waals surface area (Å²) in [6.45, 7) is 0. The predicted octanol–water partition coefficient (Wildman–Crippen LogP) is 2.81. The van der Waals surface area contributed by atoms with E-state index in [0.29, 0.717) is 21.7 Å². The first-order valence-corrected chi connectivity index (χ1v) is 8.29. The van der Waals surface area contributed by atoms with Gasteiger partial charge in [0, 0.05) is 6.42 Å². The van der Waals surface area contributed by atoms with Crippen LogP contribution in [0.2, 0.25) is 0 Å². The van der Waals surface area contributed by atoms with Crippen LogP contribution in [0.1, 0.15) is 18.5 Å². The fraction of sp³-hybridized carbons (Fsp3) is 0.176. The molecule has 6 nitrogen and oxygen atoms in total. The highest BCUT2D eigenvalue weighted by molar-refractivity contribution is 9.10. The van der Waals surface area contributed by atoms with Crippen molar-refractivity contribution in [2.45, 2.75) is 18.4 Å². The van der Waals surface area contributed by atoms with Gasteiger partial charge in [-0.15, -0.1) is 0 Å². The van der Waals surface area contributed by atoms with Gasteiger partial charge in [-0.1, -0.05) is 11.2 Å². The van der Waals surface area contributed by atoms with E-state index in [2.05, 4.69) is 26.1 Å². The van der Waals surface area contributed by atoms with E-state index < -0.39 is 23.2 Å². The van der Waals surface area contributed by atoms with Crippen LogP contribution in [-0.2, 0) is 14.4 Å². The number of rotatable bonds is 2. The second kappa shape index (κ2) is 5.73. The predicted molar refractivity (Wildman–Crippen MR) is 90.4 cm³/mol. The highest BCUT2D eigenvalue weighted by atomic mass is 79.9. The van der Waals surface area contributed by atoms with Gasteiger partial charge in [0.05, 0.1) is 17.8 Å². The lowest BCUT2D eigenvalue weighted by Crippen LogP contribution is -2.40. The van der Waals surface area contributed by atoms with Crippen LogP contribution in [0.5, 0.6) is 0 Å². The van der Waals surface area contributed by atoms with Crippen LogP contribution < -0.4 is 4.90 Å². The fourth-order valence-electron chi connectivity index (χ4n) is 2.96. The molecule has 0 saturated carbocycles. The maximum absolute atomic E-state index is 13.1. The van der Waals surface area contributed by atoms with E-state index in [1.807, 2.05) is 0 Å². The molecule has 0 N–H and O–H groups in total. The average molecular weight is 404 g/mol. The van der Waals surface area contributed by atoms with Gasteiger partial charge in [-0.25, -0.2) is 14.3 Å². The first kappa shape index (κ1) is 15.9. The molecule has 8 heteroatoms. The second-order valence-corrected chi connectivity index (χ2v) is 6.65. The molecule has 3 heterocycles. The Kier molecular flexibility index (Phi) is 3.64. The van der Waals surface area contributed by atoms with E-state index >= 15 is 0 Å². The summed E-state index contributed by atoms with van der Waals surface area (Å²) in [5.74, 6) is -1.35. The number of nitrogens with zero attached hydrogens (tertiary/aromatic N) is 3. The third-order valence-corrected chi connectivity index (χ3v) is 4.60. The number of hydrogen-bond acceptors (Lipinski definition) is 5. The Labute approximate surface area is 150 Å². The first-order chi connectivity index (χ1) is 12.0. The maximum atomic E-state index is 13.1. The number of aromatic nitrogens is 1. The summed E-state index contributed by atoms with van der Waals surface area (Å²) in [4.78, 5) is 36.0. The molecule has 2 aromatic rings. The standard InChI is InChI=1S/C17H11BrFN3O3/c18-14-3-1-2-12(20-14)13-8-17(25-21-13)9-15(23)22(16(17)24)11-6-4-10(19)5-7-11/h1-7H,8-9H2/t17-/m0/s1. The zero-order valence-corrected chi connectivity index (χ0v) is 14.4. The lowest BCUT2D eigenvalue weighted by atomic mass is 9.94. The van der Waals surface area contributed by atoms with E-state index in [1.165, 1.54) is 24.3 Å². The number of pyridine rings is 1. The van der Waals surface area contributed by atoms with Crippen molar-refractivity contribution in [3.63, 3.8) is 0 Å². The molecule has 0 radical (unpaired) electrons. The van der Waals surface area contributed by atoms with Gasteiger partial charge in [-0.05, 0) is 52.3 Å². The number of halogens is 2. The van der Waals surface area contributed by atoms with Gasteiger partial charge in [-0.2, -0.15) is 0 Å². The summed E-state index contributed by atoms with van der Waals surface area (Å²) < 4.78 is 13.7. The summed E-state index contributed by atoms with van der Waals surface area (Å²) in [6, 6.07) is 10.5. The number of anilines is 1. The molecule has 0 unspecified atom stereocenters. The molecule has 1 spiro atoms.